The third kappa shape index (κ3) is 5.18. The Kier molecular flexibility index (Phi) is 5.64. The molecule has 0 bridgehead atoms. The molecule has 0 saturated carbocycles. The van der Waals surface area contributed by atoms with Gasteiger partial charge in [-0.25, -0.2) is 4.79 Å². The van der Waals surface area contributed by atoms with Gasteiger partial charge in [-0.05, 0) is 42.8 Å². The van der Waals surface area contributed by atoms with E-state index in [1.807, 2.05) is 25.1 Å². The summed E-state index contributed by atoms with van der Waals surface area (Å²) in [7, 11) is 0. The first-order valence-corrected chi connectivity index (χ1v) is 6.89. The first-order valence-electron chi connectivity index (χ1n) is 6.89. The fraction of sp³-hybridized carbons (Fsp3) is 0.235. The molecule has 0 aliphatic rings. The lowest BCUT2D eigenvalue weighted by Gasteiger charge is -2.08. The number of para-hydroxylation sites is 1. The summed E-state index contributed by atoms with van der Waals surface area (Å²) in [5, 5.41) is 0. The molecule has 0 atom stereocenters. The molecule has 0 heterocycles. The van der Waals surface area contributed by atoms with Crippen LogP contribution in [0.15, 0.2) is 54.6 Å². The van der Waals surface area contributed by atoms with Crippen molar-refractivity contribution >= 4 is 5.97 Å². The topological polar surface area (TPSA) is 44.8 Å². The van der Waals surface area contributed by atoms with Crippen molar-refractivity contribution in [2.45, 2.75) is 13.3 Å². The zero-order chi connectivity index (χ0) is 14.9. The molecule has 21 heavy (non-hydrogen) atoms. The molecule has 0 spiro atoms. The quantitative estimate of drug-likeness (QED) is 0.577. The van der Waals surface area contributed by atoms with Gasteiger partial charge in [0.25, 0.3) is 0 Å². The fourth-order valence-electron chi connectivity index (χ4n) is 1.64. The van der Waals surface area contributed by atoms with E-state index in [9.17, 15) is 4.79 Å². The van der Waals surface area contributed by atoms with Gasteiger partial charge in [0, 0.05) is 0 Å². The number of hydrogen-bond acceptors (Lipinski definition) is 4. The van der Waals surface area contributed by atoms with Crippen molar-refractivity contribution in [1.29, 1.82) is 0 Å². The van der Waals surface area contributed by atoms with Gasteiger partial charge in [0.1, 0.15) is 17.2 Å². The number of carbonyl (C=O) groups excluding carboxylic acids is 1. The highest BCUT2D eigenvalue weighted by atomic mass is 16.6. The van der Waals surface area contributed by atoms with Crippen LogP contribution >= 0.6 is 0 Å². The van der Waals surface area contributed by atoms with Gasteiger partial charge < -0.3 is 14.2 Å². The second-order valence-corrected chi connectivity index (χ2v) is 4.40. The van der Waals surface area contributed by atoms with E-state index >= 15 is 0 Å². The summed E-state index contributed by atoms with van der Waals surface area (Å²) in [6.07, 6.45) is 0.952. The van der Waals surface area contributed by atoms with Crippen LogP contribution in [-0.4, -0.2) is 19.2 Å². The van der Waals surface area contributed by atoms with E-state index in [4.69, 9.17) is 14.2 Å². The van der Waals surface area contributed by atoms with Gasteiger partial charge in [0.15, 0.2) is 6.61 Å². The van der Waals surface area contributed by atoms with E-state index in [0.717, 1.165) is 12.2 Å². The summed E-state index contributed by atoms with van der Waals surface area (Å²) in [6.45, 7) is 2.59. The number of carbonyl (C=O) groups is 1. The minimum absolute atomic E-state index is 0.127. The Morgan fingerprint density at radius 1 is 0.857 bits per heavy atom. The molecule has 0 N–H and O–H groups in total. The zero-order valence-corrected chi connectivity index (χ0v) is 12.0. The van der Waals surface area contributed by atoms with Crippen LogP contribution in [-0.2, 0) is 4.79 Å². The van der Waals surface area contributed by atoms with Gasteiger partial charge in [-0.3, -0.25) is 0 Å². The molecule has 0 saturated heterocycles. The molecule has 0 aliphatic carbocycles. The second kappa shape index (κ2) is 7.94. The lowest BCUT2D eigenvalue weighted by atomic mass is 10.3. The summed E-state index contributed by atoms with van der Waals surface area (Å²) in [5.41, 5.74) is 0. The molecular formula is C17H18O4. The highest BCUT2D eigenvalue weighted by Crippen LogP contribution is 2.18. The van der Waals surface area contributed by atoms with Crippen molar-refractivity contribution in [2.75, 3.05) is 13.2 Å². The van der Waals surface area contributed by atoms with Crippen molar-refractivity contribution < 1.29 is 19.0 Å². The SMILES string of the molecule is CCCOc1ccc(OC(=O)COc2ccccc2)cc1. The average Bonchev–Trinajstić information content (AvgIpc) is 2.53. The maximum atomic E-state index is 11.7. The third-order valence-corrected chi connectivity index (χ3v) is 2.63. The summed E-state index contributed by atoms with van der Waals surface area (Å²) in [5.74, 6) is 1.43. The Morgan fingerprint density at radius 2 is 1.48 bits per heavy atom. The lowest BCUT2D eigenvalue weighted by Crippen LogP contribution is -2.17. The van der Waals surface area contributed by atoms with Crippen LogP contribution in [0, 0.1) is 0 Å². The number of esters is 1. The van der Waals surface area contributed by atoms with E-state index in [2.05, 4.69) is 0 Å². The van der Waals surface area contributed by atoms with Crippen molar-refractivity contribution in [3.05, 3.63) is 54.6 Å². The predicted molar refractivity (Wildman–Crippen MR) is 79.8 cm³/mol. The summed E-state index contributed by atoms with van der Waals surface area (Å²) in [4.78, 5) is 11.7. The molecule has 4 heteroatoms. The number of benzene rings is 2. The number of hydrogen-bond donors (Lipinski definition) is 0. The molecule has 0 amide bonds. The standard InChI is InChI=1S/C17H18O4/c1-2-12-19-15-8-10-16(11-9-15)21-17(18)13-20-14-6-4-3-5-7-14/h3-11H,2,12-13H2,1H3. The van der Waals surface area contributed by atoms with E-state index in [-0.39, 0.29) is 6.61 Å². The molecule has 0 aromatic heterocycles. The molecule has 0 fully saturated rings. The van der Waals surface area contributed by atoms with Gasteiger partial charge in [-0.2, -0.15) is 0 Å². The van der Waals surface area contributed by atoms with Crippen LogP contribution in [0.5, 0.6) is 17.2 Å². The van der Waals surface area contributed by atoms with Crippen molar-refractivity contribution in [1.82, 2.24) is 0 Å². The van der Waals surface area contributed by atoms with E-state index in [1.54, 1.807) is 36.4 Å². The molecule has 2 aromatic carbocycles. The Balaban J connectivity index is 1.79. The zero-order valence-electron chi connectivity index (χ0n) is 12.0. The van der Waals surface area contributed by atoms with Gasteiger partial charge in [-0.15, -0.1) is 0 Å². The van der Waals surface area contributed by atoms with Crippen LogP contribution in [0.3, 0.4) is 0 Å². The molecule has 2 rings (SSSR count). The molecule has 0 radical (unpaired) electrons. The Bertz CT molecular complexity index is 549. The molecular weight excluding hydrogens is 268 g/mol. The highest BCUT2D eigenvalue weighted by molar-refractivity contribution is 5.74. The van der Waals surface area contributed by atoms with Crippen molar-refractivity contribution in [2.24, 2.45) is 0 Å². The van der Waals surface area contributed by atoms with Crippen LogP contribution in [0.2, 0.25) is 0 Å². The third-order valence-electron chi connectivity index (χ3n) is 2.63. The monoisotopic (exact) mass is 286 g/mol. The first kappa shape index (κ1) is 14.9. The van der Waals surface area contributed by atoms with Gasteiger partial charge in [0.05, 0.1) is 6.61 Å². The molecule has 4 nitrogen and oxygen atoms in total. The fourth-order valence-corrected chi connectivity index (χ4v) is 1.64. The van der Waals surface area contributed by atoms with Crippen LogP contribution < -0.4 is 14.2 Å². The van der Waals surface area contributed by atoms with Crippen molar-refractivity contribution in [3.63, 3.8) is 0 Å². The lowest BCUT2D eigenvalue weighted by molar-refractivity contribution is -0.136. The van der Waals surface area contributed by atoms with E-state index in [0.29, 0.717) is 18.1 Å². The average molecular weight is 286 g/mol. The molecule has 0 aliphatic heterocycles. The second-order valence-electron chi connectivity index (χ2n) is 4.40. The molecule has 0 unspecified atom stereocenters. The summed E-state index contributed by atoms with van der Waals surface area (Å²) in [6, 6.07) is 16.1. The first-order chi connectivity index (χ1) is 10.3. The Hall–Kier alpha value is -2.49. The van der Waals surface area contributed by atoms with Crippen molar-refractivity contribution in [3.8, 4) is 17.2 Å². The van der Waals surface area contributed by atoms with Gasteiger partial charge >= 0.3 is 5.97 Å². The Morgan fingerprint density at radius 3 is 2.14 bits per heavy atom. The van der Waals surface area contributed by atoms with Crippen LogP contribution in [0.1, 0.15) is 13.3 Å². The normalized spacial score (nSPS) is 9.95. The van der Waals surface area contributed by atoms with Gasteiger partial charge in [0.2, 0.25) is 0 Å². The van der Waals surface area contributed by atoms with Gasteiger partial charge in [-0.1, -0.05) is 25.1 Å². The summed E-state index contributed by atoms with van der Waals surface area (Å²) < 4.78 is 15.9. The molecule has 2 aromatic rings. The van der Waals surface area contributed by atoms with Crippen LogP contribution in [0.25, 0.3) is 0 Å². The summed E-state index contributed by atoms with van der Waals surface area (Å²) >= 11 is 0. The predicted octanol–water partition coefficient (Wildman–Crippen LogP) is 3.46. The highest BCUT2D eigenvalue weighted by Gasteiger charge is 2.06. The van der Waals surface area contributed by atoms with E-state index in [1.165, 1.54) is 0 Å². The molecule has 110 valence electrons. The maximum Gasteiger partial charge on any atom is 0.349 e. The van der Waals surface area contributed by atoms with Crippen LogP contribution in [0.4, 0.5) is 0 Å². The minimum atomic E-state index is -0.443. The minimum Gasteiger partial charge on any atom is -0.494 e. The maximum absolute atomic E-state index is 11.7. The smallest absolute Gasteiger partial charge is 0.349 e. The number of ether oxygens (including phenoxy) is 3. The number of rotatable bonds is 7. The van der Waals surface area contributed by atoms with E-state index < -0.39 is 5.97 Å². The largest absolute Gasteiger partial charge is 0.494 e. The Labute approximate surface area is 124 Å².